The summed E-state index contributed by atoms with van der Waals surface area (Å²) in [7, 11) is 2.65. The van der Waals surface area contributed by atoms with E-state index in [0.717, 1.165) is 5.02 Å². The second-order valence-corrected chi connectivity index (χ2v) is 3.06. The van der Waals surface area contributed by atoms with Crippen LogP contribution < -0.4 is 5.30 Å². The molecule has 0 saturated carbocycles. The lowest BCUT2D eigenvalue weighted by molar-refractivity contribution is 1.52. The molecule has 0 aromatic heterocycles. The first kappa shape index (κ1) is 7.05. The number of hydrogen-bond acceptors (Lipinski definition) is 0. The molecule has 48 valence electrons. The van der Waals surface area contributed by atoms with E-state index in [1.54, 1.807) is 0 Å². The topological polar surface area (TPSA) is 0 Å². The summed E-state index contributed by atoms with van der Waals surface area (Å²) in [4.78, 5) is 0. The number of aryl methyl sites for hydroxylation is 1. The minimum atomic E-state index is 0.804. The molecule has 1 aromatic rings. The van der Waals surface area contributed by atoms with Gasteiger partial charge in [-0.3, -0.25) is 0 Å². The van der Waals surface area contributed by atoms with Gasteiger partial charge in [0.05, 0.1) is 0 Å². The lowest BCUT2D eigenvalue weighted by atomic mass is 10.2. The Hall–Kier alpha value is -0.0600. The zero-order valence-electron chi connectivity index (χ0n) is 5.19. The van der Waals surface area contributed by atoms with Gasteiger partial charge >= 0.3 is 0 Å². The Morgan fingerprint density at radius 1 is 1.44 bits per heavy atom. The largest absolute Gasteiger partial charge is 0.105 e. The predicted octanol–water partition coefficient (Wildman–Crippen LogP) is 2.15. The fraction of sp³-hybridized carbons (Fsp3) is 0.143. The first-order chi connectivity index (χ1) is 4.20. The van der Waals surface area contributed by atoms with Crippen molar-refractivity contribution in [3.05, 3.63) is 28.8 Å². The van der Waals surface area contributed by atoms with Crippen LogP contribution in [0.25, 0.3) is 0 Å². The van der Waals surface area contributed by atoms with Crippen molar-refractivity contribution in [1.29, 1.82) is 0 Å². The minimum Gasteiger partial charge on any atom is -0.105 e. The predicted molar refractivity (Wildman–Crippen MR) is 45.5 cm³/mol. The van der Waals surface area contributed by atoms with Crippen LogP contribution in [0.1, 0.15) is 5.56 Å². The van der Waals surface area contributed by atoms with Crippen LogP contribution in [0, 0.1) is 6.92 Å². The molecule has 1 unspecified atom stereocenters. The van der Waals surface area contributed by atoms with Crippen LogP contribution in [0.2, 0.25) is 5.02 Å². The Balaban J connectivity index is 3.17. The third-order valence-corrected chi connectivity index (χ3v) is 2.11. The van der Waals surface area contributed by atoms with E-state index in [4.69, 9.17) is 11.6 Å². The molecule has 9 heavy (non-hydrogen) atoms. The second-order valence-electron chi connectivity index (χ2n) is 2.00. The van der Waals surface area contributed by atoms with E-state index < -0.39 is 0 Å². The normalized spacial score (nSPS) is 9.67. The van der Waals surface area contributed by atoms with Crippen LogP contribution in [-0.4, -0.2) is 0 Å². The summed E-state index contributed by atoms with van der Waals surface area (Å²) in [5.74, 6) is 0. The van der Waals surface area contributed by atoms with Crippen LogP contribution in [0.15, 0.2) is 18.2 Å². The van der Waals surface area contributed by atoms with Crippen molar-refractivity contribution < 1.29 is 0 Å². The highest BCUT2D eigenvalue weighted by atomic mass is 35.5. The molecule has 1 rings (SSSR count). The first-order valence-electron chi connectivity index (χ1n) is 2.72. The van der Waals surface area contributed by atoms with Gasteiger partial charge in [0, 0.05) is 5.02 Å². The molecule has 0 nitrogen and oxygen atoms in total. The van der Waals surface area contributed by atoms with Crippen molar-refractivity contribution in [2.75, 3.05) is 0 Å². The summed E-state index contributed by atoms with van der Waals surface area (Å²) >= 11 is 5.71. The molecular formula is C7H8ClP. The quantitative estimate of drug-likeness (QED) is 0.508. The molecule has 0 saturated heterocycles. The average molecular weight is 159 g/mol. The molecule has 0 heterocycles. The Morgan fingerprint density at radius 2 is 2.11 bits per heavy atom. The summed E-state index contributed by atoms with van der Waals surface area (Å²) in [5.41, 5.74) is 1.22. The Kier molecular flexibility index (Phi) is 2.10. The van der Waals surface area contributed by atoms with E-state index in [-0.39, 0.29) is 0 Å². The van der Waals surface area contributed by atoms with E-state index in [1.807, 2.05) is 25.1 Å². The first-order valence-corrected chi connectivity index (χ1v) is 3.67. The standard InChI is InChI=1S/C7H8ClP/c1-5-4-6(8)2-3-7(5)9/h2-4H,9H2,1H3. The van der Waals surface area contributed by atoms with Crippen LogP contribution >= 0.6 is 20.8 Å². The summed E-state index contributed by atoms with van der Waals surface area (Å²) < 4.78 is 0. The van der Waals surface area contributed by atoms with Crippen molar-refractivity contribution in [2.24, 2.45) is 0 Å². The SMILES string of the molecule is Cc1cc(Cl)ccc1P. The van der Waals surface area contributed by atoms with E-state index in [2.05, 4.69) is 9.24 Å². The van der Waals surface area contributed by atoms with Gasteiger partial charge in [-0.1, -0.05) is 17.7 Å². The Bertz CT molecular complexity index is 220. The molecule has 0 radical (unpaired) electrons. The monoisotopic (exact) mass is 158 g/mol. The van der Waals surface area contributed by atoms with Crippen molar-refractivity contribution in [3.63, 3.8) is 0 Å². The summed E-state index contributed by atoms with van der Waals surface area (Å²) in [5, 5.41) is 2.01. The van der Waals surface area contributed by atoms with Gasteiger partial charge in [-0.15, -0.1) is 9.24 Å². The van der Waals surface area contributed by atoms with Crippen LogP contribution in [0.3, 0.4) is 0 Å². The maximum absolute atomic E-state index is 5.71. The fourth-order valence-corrected chi connectivity index (χ4v) is 1.05. The lowest BCUT2D eigenvalue weighted by Gasteiger charge is -1.96. The minimum absolute atomic E-state index is 0.804. The van der Waals surface area contributed by atoms with Gasteiger partial charge in [0.2, 0.25) is 0 Å². The molecule has 1 atom stereocenters. The molecule has 2 heteroatoms. The maximum atomic E-state index is 5.71. The Morgan fingerprint density at radius 3 is 2.56 bits per heavy atom. The van der Waals surface area contributed by atoms with Gasteiger partial charge in [0.25, 0.3) is 0 Å². The van der Waals surface area contributed by atoms with Crippen LogP contribution in [-0.2, 0) is 0 Å². The lowest BCUT2D eigenvalue weighted by Crippen LogP contribution is -1.93. The number of hydrogen-bond donors (Lipinski definition) is 0. The van der Waals surface area contributed by atoms with E-state index in [1.165, 1.54) is 10.9 Å². The van der Waals surface area contributed by atoms with Crippen molar-refractivity contribution in [1.82, 2.24) is 0 Å². The van der Waals surface area contributed by atoms with Gasteiger partial charge in [0.15, 0.2) is 0 Å². The smallest absolute Gasteiger partial charge is 0.0409 e. The molecule has 0 fully saturated rings. The second kappa shape index (κ2) is 2.68. The van der Waals surface area contributed by atoms with Crippen molar-refractivity contribution in [2.45, 2.75) is 6.92 Å². The molecule has 0 bridgehead atoms. The van der Waals surface area contributed by atoms with Gasteiger partial charge in [-0.2, -0.15) is 0 Å². The highest BCUT2D eigenvalue weighted by Gasteiger charge is 1.90. The highest BCUT2D eigenvalue weighted by Crippen LogP contribution is 2.09. The molecule has 1 aromatic carbocycles. The Labute approximate surface area is 62.4 Å². The number of benzene rings is 1. The van der Waals surface area contributed by atoms with Crippen LogP contribution in [0.4, 0.5) is 0 Å². The molecule has 0 N–H and O–H groups in total. The van der Waals surface area contributed by atoms with Crippen LogP contribution in [0.5, 0.6) is 0 Å². The van der Waals surface area contributed by atoms with Crippen molar-refractivity contribution in [3.8, 4) is 0 Å². The van der Waals surface area contributed by atoms with Gasteiger partial charge in [0.1, 0.15) is 0 Å². The molecule has 0 aliphatic carbocycles. The summed E-state index contributed by atoms with van der Waals surface area (Å²) in [6.45, 7) is 2.04. The highest BCUT2D eigenvalue weighted by molar-refractivity contribution is 7.27. The zero-order chi connectivity index (χ0) is 6.85. The maximum Gasteiger partial charge on any atom is 0.0409 e. The third-order valence-electron chi connectivity index (χ3n) is 1.23. The molecule has 0 aliphatic rings. The van der Waals surface area contributed by atoms with Crippen molar-refractivity contribution >= 4 is 26.1 Å². The molecular weight excluding hydrogens is 151 g/mol. The van der Waals surface area contributed by atoms with Gasteiger partial charge in [-0.25, -0.2) is 0 Å². The molecule has 0 aliphatic heterocycles. The van der Waals surface area contributed by atoms with Gasteiger partial charge in [-0.05, 0) is 29.9 Å². The summed E-state index contributed by atoms with van der Waals surface area (Å²) in [6, 6.07) is 5.82. The third kappa shape index (κ3) is 1.67. The number of halogens is 1. The van der Waals surface area contributed by atoms with E-state index >= 15 is 0 Å². The molecule has 0 spiro atoms. The fourth-order valence-electron chi connectivity index (χ4n) is 0.639. The van der Waals surface area contributed by atoms with E-state index in [0.29, 0.717) is 0 Å². The number of rotatable bonds is 0. The molecule has 0 amide bonds. The van der Waals surface area contributed by atoms with Gasteiger partial charge < -0.3 is 0 Å². The van der Waals surface area contributed by atoms with E-state index in [9.17, 15) is 0 Å². The average Bonchev–Trinajstić information content (AvgIpc) is 1.80. The summed E-state index contributed by atoms with van der Waals surface area (Å²) in [6.07, 6.45) is 0. The zero-order valence-corrected chi connectivity index (χ0v) is 7.10.